The van der Waals surface area contributed by atoms with Crippen molar-refractivity contribution in [1.29, 1.82) is 0 Å². The number of aromatic nitrogens is 2. The molecule has 2 unspecified atom stereocenters. The van der Waals surface area contributed by atoms with Crippen molar-refractivity contribution in [2.75, 3.05) is 0 Å². The van der Waals surface area contributed by atoms with E-state index in [2.05, 4.69) is 169 Å². The first kappa shape index (κ1) is 28.3. The zero-order valence-electron chi connectivity index (χ0n) is 28.7. The fourth-order valence-electron chi connectivity index (χ4n) is 9.18. The highest BCUT2D eigenvalue weighted by atomic mass is 28.3. The van der Waals surface area contributed by atoms with Gasteiger partial charge in [-0.1, -0.05) is 98.5 Å². The molecule has 5 heterocycles. The molecule has 0 N–H and O–H groups in total. The number of pyridine rings is 2. The molecule has 2 aliphatic heterocycles. The Balaban J connectivity index is 1.26. The van der Waals surface area contributed by atoms with E-state index in [9.17, 15) is 0 Å². The fraction of sp³-hybridized carbons (Fsp3) is 0.130. The van der Waals surface area contributed by atoms with Gasteiger partial charge in [0.2, 0.25) is 17.4 Å². The van der Waals surface area contributed by atoms with Crippen LogP contribution in [-0.2, 0) is 0 Å². The lowest BCUT2D eigenvalue weighted by Crippen LogP contribution is -2.61. The SMILES string of the molecule is Cc1cc[n+]2c(c1)-c1c(ccc3c1oc1cc4c5ccccc5c5ccccc5c4cc13)C1C2c2ccccc2-c2ccc([Si](C)(C)C)c[n+]21. The summed E-state index contributed by atoms with van der Waals surface area (Å²) in [5.41, 5.74) is 10.9. The van der Waals surface area contributed by atoms with Gasteiger partial charge in [-0.25, -0.2) is 0 Å². The summed E-state index contributed by atoms with van der Waals surface area (Å²) in [6.07, 6.45) is 4.79. The van der Waals surface area contributed by atoms with Gasteiger partial charge >= 0.3 is 0 Å². The largest absolute Gasteiger partial charge is 0.455 e. The number of rotatable bonds is 1. The minimum atomic E-state index is -1.59. The summed E-state index contributed by atoms with van der Waals surface area (Å²) in [5.74, 6) is 0. The third-order valence-electron chi connectivity index (χ3n) is 11.5. The van der Waals surface area contributed by atoms with Crippen molar-refractivity contribution < 1.29 is 13.6 Å². The molecule has 0 spiro atoms. The number of aryl methyl sites for hydroxylation is 1. The molecule has 0 saturated carbocycles. The van der Waals surface area contributed by atoms with Crippen LogP contribution in [0.25, 0.3) is 76.8 Å². The summed E-state index contributed by atoms with van der Waals surface area (Å²) >= 11 is 0. The molecule has 9 aromatic rings. The Hall–Kier alpha value is -5.58. The van der Waals surface area contributed by atoms with E-state index in [1.54, 1.807) is 0 Å². The molecule has 0 aliphatic carbocycles. The van der Waals surface area contributed by atoms with E-state index < -0.39 is 8.07 Å². The topological polar surface area (TPSA) is 20.9 Å². The predicted octanol–water partition coefficient (Wildman–Crippen LogP) is 10.3. The van der Waals surface area contributed by atoms with Crippen LogP contribution in [0.5, 0.6) is 0 Å². The molecule has 0 saturated heterocycles. The number of hydrogen-bond acceptors (Lipinski definition) is 1. The van der Waals surface area contributed by atoms with E-state index in [-0.39, 0.29) is 12.1 Å². The summed E-state index contributed by atoms with van der Waals surface area (Å²) in [6, 6.07) is 45.6. The fourth-order valence-corrected chi connectivity index (χ4v) is 10.3. The van der Waals surface area contributed by atoms with Crippen LogP contribution in [0.1, 0.15) is 28.8 Å². The van der Waals surface area contributed by atoms with Crippen molar-refractivity contribution in [3.63, 3.8) is 0 Å². The highest BCUT2D eigenvalue weighted by Crippen LogP contribution is 2.49. The number of benzene rings is 6. The molecule has 0 amide bonds. The Morgan fingerprint density at radius 2 is 1.20 bits per heavy atom. The molecule has 2 aliphatic rings. The van der Waals surface area contributed by atoms with Crippen LogP contribution < -0.4 is 14.3 Å². The lowest BCUT2D eigenvalue weighted by Gasteiger charge is -2.32. The molecule has 11 rings (SSSR count). The maximum atomic E-state index is 7.12. The van der Waals surface area contributed by atoms with E-state index in [0.29, 0.717) is 0 Å². The zero-order valence-corrected chi connectivity index (χ0v) is 29.7. The number of hydrogen-bond donors (Lipinski definition) is 0. The van der Waals surface area contributed by atoms with Gasteiger partial charge in [0, 0.05) is 45.3 Å². The second-order valence-electron chi connectivity index (χ2n) is 15.4. The first-order valence-electron chi connectivity index (χ1n) is 17.7. The van der Waals surface area contributed by atoms with Crippen LogP contribution >= 0.6 is 0 Å². The van der Waals surface area contributed by atoms with Crippen molar-refractivity contribution >= 4 is 67.5 Å². The summed E-state index contributed by atoms with van der Waals surface area (Å²) < 4.78 is 12.2. The molecule has 238 valence electrons. The third-order valence-corrected chi connectivity index (χ3v) is 13.6. The average Bonchev–Trinajstić information content (AvgIpc) is 3.51. The van der Waals surface area contributed by atoms with Crippen LogP contribution in [0.3, 0.4) is 0 Å². The monoisotopic (exact) mass is 660 g/mol. The molecule has 6 aromatic carbocycles. The normalized spacial score (nSPS) is 16.4. The minimum Gasteiger partial charge on any atom is -0.455 e. The Labute approximate surface area is 291 Å². The van der Waals surface area contributed by atoms with Gasteiger partial charge in [0.1, 0.15) is 11.2 Å². The highest BCUT2D eigenvalue weighted by molar-refractivity contribution is 6.88. The van der Waals surface area contributed by atoms with Crippen LogP contribution in [-0.4, -0.2) is 8.07 Å². The molecule has 0 bridgehead atoms. The van der Waals surface area contributed by atoms with Gasteiger partial charge < -0.3 is 4.42 Å². The van der Waals surface area contributed by atoms with Crippen molar-refractivity contribution in [1.82, 2.24) is 0 Å². The van der Waals surface area contributed by atoms with E-state index in [0.717, 1.165) is 11.2 Å². The standard InChI is InChI=1S/C46H36N2OSi/c1-27-21-22-47-41(23-27)43-36(45-44(47)34-16-10-9-15-33(34)40-20-17-28(26-48(40)45)50(2,3)4)19-18-35-39-24-37-31-13-7-5-11-29(31)30-12-6-8-14-32(30)38(37)25-42(39)49-46(35)43/h5-26,44-45H,1-4H3/q+2. The summed E-state index contributed by atoms with van der Waals surface area (Å²) in [6.45, 7) is 9.53. The minimum absolute atomic E-state index is 0.0796. The maximum Gasteiger partial charge on any atom is 0.250 e. The van der Waals surface area contributed by atoms with Crippen molar-refractivity contribution in [2.24, 2.45) is 0 Å². The number of fused-ring (bicyclic) bond motifs is 21. The van der Waals surface area contributed by atoms with E-state index >= 15 is 0 Å². The van der Waals surface area contributed by atoms with Gasteiger partial charge in [-0.15, -0.1) is 0 Å². The Bertz CT molecular complexity index is 2950. The van der Waals surface area contributed by atoms with Gasteiger partial charge in [0.25, 0.3) is 6.04 Å². The molecule has 2 atom stereocenters. The lowest BCUT2D eigenvalue weighted by atomic mass is 9.79. The Morgan fingerprint density at radius 3 is 1.94 bits per heavy atom. The Morgan fingerprint density at radius 1 is 0.540 bits per heavy atom. The zero-order chi connectivity index (χ0) is 33.5. The van der Waals surface area contributed by atoms with Gasteiger partial charge in [-0.2, -0.15) is 9.13 Å². The van der Waals surface area contributed by atoms with Crippen LogP contribution in [0.15, 0.2) is 138 Å². The summed E-state index contributed by atoms with van der Waals surface area (Å²) in [4.78, 5) is 0. The molecule has 3 aromatic heterocycles. The van der Waals surface area contributed by atoms with Crippen molar-refractivity contribution in [3.8, 4) is 22.5 Å². The average molecular weight is 661 g/mol. The van der Waals surface area contributed by atoms with Crippen LogP contribution in [0.2, 0.25) is 19.6 Å². The van der Waals surface area contributed by atoms with Crippen molar-refractivity contribution in [3.05, 3.63) is 150 Å². The smallest absolute Gasteiger partial charge is 0.250 e. The maximum absolute atomic E-state index is 7.12. The summed E-state index contributed by atoms with van der Waals surface area (Å²) in [7, 11) is -1.59. The molecule has 0 fully saturated rings. The second-order valence-corrected chi connectivity index (χ2v) is 20.5. The lowest BCUT2D eigenvalue weighted by molar-refractivity contribution is -0.799. The number of furan rings is 1. The molecule has 50 heavy (non-hydrogen) atoms. The first-order valence-corrected chi connectivity index (χ1v) is 21.2. The summed E-state index contributed by atoms with van der Waals surface area (Å²) in [5, 5.41) is 11.4. The predicted molar refractivity (Wildman–Crippen MR) is 208 cm³/mol. The van der Waals surface area contributed by atoms with E-state index in [1.165, 1.54) is 87.5 Å². The van der Waals surface area contributed by atoms with Crippen molar-refractivity contribution in [2.45, 2.75) is 38.6 Å². The van der Waals surface area contributed by atoms with Gasteiger partial charge in [0.15, 0.2) is 12.4 Å². The molecule has 0 radical (unpaired) electrons. The molecular formula is C46H36N2OSi+2. The van der Waals surface area contributed by atoms with Gasteiger partial charge in [-0.05, 0) is 69.1 Å². The van der Waals surface area contributed by atoms with Crippen LogP contribution in [0, 0.1) is 6.92 Å². The third kappa shape index (κ3) is 3.69. The second kappa shape index (κ2) is 9.77. The molecule has 3 nitrogen and oxygen atoms in total. The van der Waals surface area contributed by atoms with E-state index in [1.807, 2.05) is 0 Å². The Kier molecular flexibility index (Phi) is 5.52. The highest BCUT2D eigenvalue weighted by Gasteiger charge is 2.53. The van der Waals surface area contributed by atoms with E-state index in [4.69, 9.17) is 4.42 Å². The van der Waals surface area contributed by atoms with Crippen LogP contribution in [0.4, 0.5) is 0 Å². The molecule has 4 heteroatoms. The first-order chi connectivity index (χ1) is 24.3. The van der Waals surface area contributed by atoms with Gasteiger partial charge in [0.05, 0.1) is 19.2 Å². The number of nitrogens with zero attached hydrogens (tertiary/aromatic N) is 2. The molecular weight excluding hydrogens is 625 g/mol. The quantitative estimate of drug-likeness (QED) is 0.0975. The van der Waals surface area contributed by atoms with Gasteiger partial charge in [-0.3, -0.25) is 0 Å².